The molecule has 4 rings (SSSR count). The summed E-state index contributed by atoms with van der Waals surface area (Å²) in [4.78, 5) is 17.3. The summed E-state index contributed by atoms with van der Waals surface area (Å²) in [5.41, 5.74) is 10.1. The molecule has 0 saturated heterocycles. The van der Waals surface area contributed by atoms with Crippen LogP contribution in [0.2, 0.25) is 0 Å². The van der Waals surface area contributed by atoms with Crippen LogP contribution in [0.1, 0.15) is 0 Å². The van der Waals surface area contributed by atoms with Crippen molar-refractivity contribution in [3.05, 3.63) is 61.4 Å². The van der Waals surface area contributed by atoms with Crippen LogP contribution >= 0.6 is 0 Å². The van der Waals surface area contributed by atoms with Crippen molar-refractivity contribution < 1.29 is 0 Å². The lowest BCUT2D eigenvalue weighted by atomic mass is 10.2. The molecule has 22 heavy (non-hydrogen) atoms. The van der Waals surface area contributed by atoms with Gasteiger partial charge in [-0.3, -0.25) is 14.5 Å². The maximum absolute atomic E-state index is 5.87. The average Bonchev–Trinajstić information content (AvgIpc) is 2.99. The number of nitrogens with zero attached hydrogens (tertiary/aromatic N) is 5. The Balaban J connectivity index is 1.87. The molecule has 3 heterocycles. The van der Waals surface area contributed by atoms with E-state index in [4.69, 9.17) is 5.73 Å². The van der Waals surface area contributed by atoms with Crippen LogP contribution in [0.4, 0.5) is 5.69 Å². The van der Waals surface area contributed by atoms with E-state index in [1.165, 1.54) is 0 Å². The monoisotopic (exact) mass is 288 g/mol. The van der Waals surface area contributed by atoms with Gasteiger partial charge < -0.3 is 5.73 Å². The number of nitrogen functional groups attached to an aromatic ring is 1. The zero-order valence-corrected chi connectivity index (χ0v) is 11.6. The Morgan fingerprint density at radius 1 is 0.955 bits per heavy atom. The molecule has 0 bridgehead atoms. The fraction of sp³-hybridized carbons (Fsp3) is 0. The smallest absolute Gasteiger partial charge is 0.157 e. The van der Waals surface area contributed by atoms with E-state index < -0.39 is 0 Å². The van der Waals surface area contributed by atoms with Crippen molar-refractivity contribution in [1.82, 2.24) is 24.5 Å². The molecule has 0 aliphatic heterocycles. The minimum absolute atomic E-state index is 0.687. The largest absolute Gasteiger partial charge is 0.399 e. The summed E-state index contributed by atoms with van der Waals surface area (Å²) in [7, 11) is 0. The van der Waals surface area contributed by atoms with Crippen molar-refractivity contribution in [3.8, 4) is 17.1 Å². The molecule has 0 aliphatic rings. The van der Waals surface area contributed by atoms with E-state index in [-0.39, 0.29) is 0 Å². The number of hydrogen-bond acceptors (Lipinski definition) is 5. The third-order valence-corrected chi connectivity index (χ3v) is 3.42. The van der Waals surface area contributed by atoms with Crippen molar-refractivity contribution in [2.75, 3.05) is 5.73 Å². The van der Waals surface area contributed by atoms with E-state index in [1.807, 2.05) is 34.9 Å². The van der Waals surface area contributed by atoms with Gasteiger partial charge in [0.05, 0.1) is 29.1 Å². The van der Waals surface area contributed by atoms with E-state index in [2.05, 4.69) is 19.9 Å². The number of nitrogens with two attached hydrogens (primary N) is 1. The average molecular weight is 288 g/mol. The van der Waals surface area contributed by atoms with Gasteiger partial charge in [-0.15, -0.1) is 0 Å². The lowest BCUT2D eigenvalue weighted by molar-refractivity contribution is 0.999. The fourth-order valence-corrected chi connectivity index (χ4v) is 2.34. The van der Waals surface area contributed by atoms with Crippen LogP contribution in [0.15, 0.2) is 61.4 Å². The zero-order valence-electron chi connectivity index (χ0n) is 11.6. The highest BCUT2D eigenvalue weighted by Gasteiger charge is 2.08. The number of anilines is 1. The van der Waals surface area contributed by atoms with Crippen molar-refractivity contribution in [3.63, 3.8) is 0 Å². The molecule has 0 unspecified atom stereocenters. The Labute approximate surface area is 126 Å². The summed E-state index contributed by atoms with van der Waals surface area (Å²) in [6.45, 7) is 0. The van der Waals surface area contributed by atoms with Gasteiger partial charge in [-0.25, -0.2) is 9.97 Å². The number of benzene rings is 1. The highest BCUT2D eigenvalue weighted by atomic mass is 15.1. The SMILES string of the molecule is Nc1ccc2ncn(-c3cncc(-c4ccncc4)n3)c2c1. The first-order valence-corrected chi connectivity index (χ1v) is 6.77. The highest BCUT2D eigenvalue weighted by molar-refractivity contribution is 5.80. The van der Waals surface area contributed by atoms with Crippen molar-refractivity contribution in [1.29, 1.82) is 0 Å². The van der Waals surface area contributed by atoms with Crippen molar-refractivity contribution in [2.45, 2.75) is 0 Å². The van der Waals surface area contributed by atoms with Crippen LogP contribution in [0, 0.1) is 0 Å². The zero-order chi connectivity index (χ0) is 14.9. The fourth-order valence-electron chi connectivity index (χ4n) is 2.34. The van der Waals surface area contributed by atoms with Gasteiger partial charge in [-0.05, 0) is 30.3 Å². The van der Waals surface area contributed by atoms with Gasteiger partial charge in [-0.1, -0.05) is 0 Å². The van der Waals surface area contributed by atoms with Gasteiger partial charge in [0.2, 0.25) is 0 Å². The van der Waals surface area contributed by atoms with Gasteiger partial charge in [0, 0.05) is 23.6 Å². The molecule has 3 aromatic heterocycles. The van der Waals surface area contributed by atoms with Crippen LogP contribution in [0.25, 0.3) is 28.1 Å². The maximum Gasteiger partial charge on any atom is 0.157 e. The summed E-state index contributed by atoms with van der Waals surface area (Å²) in [6.07, 6.45) is 8.62. The van der Waals surface area contributed by atoms with Crippen LogP contribution in [-0.4, -0.2) is 24.5 Å². The second-order valence-corrected chi connectivity index (χ2v) is 4.86. The van der Waals surface area contributed by atoms with Crippen LogP contribution in [0.3, 0.4) is 0 Å². The third-order valence-electron chi connectivity index (χ3n) is 3.42. The predicted molar refractivity (Wildman–Crippen MR) is 84.3 cm³/mol. The molecule has 0 aliphatic carbocycles. The molecule has 2 N–H and O–H groups in total. The topological polar surface area (TPSA) is 82.5 Å². The number of hydrogen-bond donors (Lipinski definition) is 1. The molecule has 6 nitrogen and oxygen atoms in total. The van der Waals surface area contributed by atoms with Crippen LogP contribution in [-0.2, 0) is 0 Å². The van der Waals surface area contributed by atoms with Gasteiger partial charge in [0.25, 0.3) is 0 Å². The van der Waals surface area contributed by atoms with E-state index in [0.29, 0.717) is 11.5 Å². The van der Waals surface area contributed by atoms with Gasteiger partial charge in [0.15, 0.2) is 5.82 Å². The van der Waals surface area contributed by atoms with Gasteiger partial charge in [0.1, 0.15) is 6.33 Å². The van der Waals surface area contributed by atoms with Gasteiger partial charge in [-0.2, -0.15) is 0 Å². The number of imidazole rings is 1. The molecule has 0 atom stereocenters. The quantitative estimate of drug-likeness (QED) is 0.573. The maximum atomic E-state index is 5.87. The minimum atomic E-state index is 0.687. The Bertz CT molecular complexity index is 945. The molecule has 106 valence electrons. The van der Waals surface area contributed by atoms with Crippen LogP contribution < -0.4 is 5.73 Å². The first kappa shape index (κ1) is 12.5. The highest BCUT2D eigenvalue weighted by Crippen LogP contribution is 2.21. The number of rotatable bonds is 2. The third kappa shape index (κ3) is 2.07. The predicted octanol–water partition coefficient (Wildman–Crippen LogP) is 2.46. The molecule has 0 fully saturated rings. The molecular weight excluding hydrogens is 276 g/mol. The first-order valence-electron chi connectivity index (χ1n) is 6.77. The standard InChI is InChI=1S/C16H12N6/c17-12-1-2-13-15(7-12)22(10-20-13)16-9-19-8-14(21-16)11-3-5-18-6-4-11/h1-10H,17H2. The van der Waals surface area contributed by atoms with E-state index >= 15 is 0 Å². The second kappa shape index (κ2) is 4.92. The lowest BCUT2D eigenvalue weighted by Gasteiger charge is -2.06. The number of aromatic nitrogens is 5. The Kier molecular flexibility index (Phi) is 2.79. The Hall–Kier alpha value is -3.28. The van der Waals surface area contributed by atoms with E-state index in [1.54, 1.807) is 31.1 Å². The molecule has 0 amide bonds. The molecule has 0 spiro atoms. The molecule has 6 heteroatoms. The normalized spacial score (nSPS) is 10.9. The van der Waals surface area contributed by atoms with Gasteiger partial charge >= 0.3 is 0 Å². The van der Waals surface area contributed by atoms with E-state index in [9.17, 15) is 0 Å². The second-order valence-electron chi connectivity index (χ2n) is 4.86. The Morgan fingerprint density at radius 2 is 1.82 bits per heavy atom. The number of fused-ring (bicyclic) bond motifs is 1. The summed E-state index contributed by atoms with van der Waals surface area (Å²) < 4.78 is 1.88. The van der Waals surface area contributed by atoms with Crippen molar-refractivity contribution >= 4 is 16.7 Å². The molecular formula is C16H12N6. The minimum Gasteiger partial charge on any atom is -0.399 e. The lowest BCUT2D eigenvalue weighted by Crippen LogP contribution is -1.99. The summed E-state index contributed by atoms with van der Waals surface area (Å²) in [5.74, 6) is 0.697. The number of pyridine rings is 1. The summed E-state index contributed by atoms with van der Waals surface area (Å²) in [5, 5.41) is 0. The molecule has 4 aromatic rings. The Morgan fingerprint density at radius 3 is 2.68 bits per heavy atom. The molecule has 0 saturated carbocycles. The van der Waals surface area contributed by atoms with E-state index in [0.717, 1.165) is 22.3 Å². The van der Waals surface area contributed by atoms with Crippen molar-refractivity contribution in [2.24, 2.45) is 0 Å². The first-order chi connectivity index (χ1) is 10.8. The summed E-state index contributed by atoms with van der Waals surface area (Å²) in [6, 6.07) is 9.40. The van der Waals surface area contributed by atoms with Crippen LogP contribution in [0.5, 0.6) is 0 Å². The molecule has 1 aromatic carbocycles. The summed E-state index contributed by atoms with van der Waals surface area (Å²) >= 11 is 0. The molecule has 0 radical (unpaired) electrons.